The number of rotatable bonds is 1. The standard InChI is InChI=1S/C14H19N3O/c1-16-7-3-5-12(8-16)14(18)17-9-11-4-2-6-15-13(11)10-17/h2,4,6,12H,3,5,7-10H2,1H3. The largest absolute Gasteiger partial charge is 0.332 e. The fourth-order valence-corrected chi connectivity index (χ4v) is 2.98. The van der Waals surface area contributed by atoms with Crippen molar-refractivity contribution in [2.24, 2.45) is 5.92 Å². The first-order valence-corrected chi connectivity index (χ1v) is 6.64. The summed E-state index contributed by atoms with van der Waals surface area (Å²) in [5.74, 6) is 0.484. The fraction of sp³-hybridized carbons (Fsp3) is 0.571. The van der Waals surface area contributed by atoms with E-state index in [0.29, 0.717) is 12.5 Å². The zero-order chi connectivity index (χ0) is 12.5. The molecule has 96 valence electrons. The van der Waals surface area contributed by atoms with Crippen LogP contribution in [0.1, 0.15) is 24.1 Å². The second-order valence-corrected chi connectivity index (χ2v) is 5.40. The summed E-state index contributed by atoms with van der Waals surface area (Å²) in [7, 11) is 2.10. The molecule has 0 spiro atoms. The van der Waals surface area contributed by atoms with E-state index in [4.69, 9.17) is 0 Å². The Hall–Kier alpha value is -1.42. The molecule has 1 aromatic rings. The van der Waals surface area contributed by atoms with Gasteiger partial charge in [0.15, 0.2) is 0 Å². The summed E-state index contributed by atoms with van der Waals surface area (Å²) < 4.78 is 0. The molecule has 1 unspecified atom stereocenters. The summed E-state index contributed by atoms with van der Waals surface area (Å²) in [6.07, 6.45) is 3.97. The third-order valence-electron chi connectivity index (χ3n) is 3.97. The average molecular weight is 245 g/mol. The van der Waals surface area contributed by atoms with Crippen molar-refractivity contribution in [2.75, 3.05) is 20.1 Å². The number of fused-ring (bicyclic) bond motifs is 1. The van der Waals surface area contributed by atoms with Crippen molar-refractivity contribution in [2.45, 2.75) is 25.9 Å². The Bertz CT molecular complexity index is 435. The quantitative estimate of drug-likeness (QED) is 0.747. The van der Waals surface area contributed by atoms with Crippen LogP contribution < -0.4 is 0 Å². The van der Waals surface area contributed by atoms with E-state index in [-0.39, 0.29) is 5.92 Å². The Balaban J connectivity index is 1.68. The van der Waals surface area contributed by atoms with Gasteiger partial charge < -0.3 is 9.80 Å². The predicted octanol–water partition coefficient (Wildman–Crippen LogP) is 1.27. The lowest BCUT2D eigenvalue weighted by Gasteiger charge is -2.31. The number of aromatic nitrogens is 1. The van der Waals surface area contributed by atoms with Crippen LogP contribution >= 0.6 is 0 Å². The first kappa shape index (κ1) is 11.7. The molecule has 4 nitrogen and oxygen atoms in total. The highest BCUT2D eigenvalue weighted by atomic mass is 16.2. The molecule has 0 aromatic carbocycles. The summed E-state index contributed by atoms with van der Waals surface area (Å²) in [6, 6.07) is 4.02. The van der Waals surface area contributed by atoms with Gasteiger partial charge in [-0.2, -0.15) is 0 Å². The van der Waals surface area contributed by atoms with Crippen molar-refractivity contribution < 1.29 is 4.79 Å². The number of carbonyl (C=O) groups is 1. The van der Waals surface area contributed by atoms with Gasteiger partial charge >= 0.3 is 0 Å². The van der Waals surface area contributed by atoms with Crippen molar-refractivity contribution in [1.82, 2.24) is 14.8 Å². The van der Waals surface area contributed by atoms with Gasteiger partial charge in [0.2, 0.25) is 5.91 Å². The lowest BCUT2D eigenvalue weighted by molar-refractivity contribution is -0.137. The highest BCUT2D eigenvalue weighted by Gasteiger charge is 2.31. The highest BCUT2D eigenvalue weighted by Crippen LogP contribution is 2.25. The molecule has 1 atom stereocenters. The van der Waals surface area contributed by atoms with Crippen LogP contribution in [0.4, 0.5) is 0 Å². The zero-order valence-electron chi connectivity index (χ0n) is 10.8. The Morgan fingerprint density at radius 1 is 1.44 bits per heavy atom. The molecule has 2 aliphatic heterocycles. The molecule has 1 saturated heterocycles. The van der Waals surface area contributed by atoms with Crippen LogP contribution in [0.15, 0.2) is 18.3 Å². The molecule has 0 radical (unpaired) electrons. The minimum Gasteiger partial charge on any atom is -0.332 e. The summed E-state index contributed by atoms with van der Waals surface area (Å²) in [6.45, 7) is 3.45. The van der Waals surface area contributed by atoms with E-state index in [1.54, 1.807) is 6.20 Å². The number of piperidine rings is 1. The summed E-state index contributed by atoms with van der Waals surface area (Å²) in [5, 5.41) is 0. The molecule has 1 aromatic heterocycles. The molecule has 0 bridgehead atoms. The molecule has 18 heavy (non-hydrogen) atoms. The van der Waals surface area contributed by atoms with Crippen LogP contribution in [-0.2, 0) is 17.9 Å². The van der Waals surface area contributed by atoms with Crippen LogP contribution in [0.3, 0.4) is 0 Å². The molecule has 3 heterocycles. The molecule has 2 aliphatic rings. The van der Waals surface area contributed by atoms with Gasteiger partial charge in [0.25, 0.3) is 0 Å². The predicted molar refractivity (Wildman–Crippen MR) is 68.7 cm³/mol. The molecule has 1 amide bonds. The van der Waals surface area contributed by atoms with Crippen LogP contribution in [0.2, 0.25) is 0 Å². The highest BCUT2D eigenvalue weighted by molar-refractivity contribution is 5.79. The molecule has 0 N–H and O–H groups in total. The van der Waals surface area contributed by atoms with Crippen molar-refractivity contribution in [3.63, 3.8) is 0 Å². The summed E-state index contributed by atoms with van der Waals surface area (Å²) in [5.41, 5.74) is 2.27. The van der Waals surface area contributed by atoms with Crippen LogP contribution in [-0.4, -0.2) is 40.8 Å². The maximum atomic E-state index is 12.5. The molecule has 0 aliphatic carbocycles. The second-order valence-electron chi connectivity index (χ2n) is 5.40. The smallest absolute Gasteiger partial charge is 0.227 e. The molecule has 0 saturated carbocycles. The number of hydrogen-bond donors (Lipinski definition) is 0. The van der Waals surface area contributed by atoms with Gasteiger partial charge in [-0.1, -0.05) is 6.07 Å². The van der Waals surface area contributed by atoms with E-state index in [0.717, 1.165) is 38.2 Å². The average Bonchev–Trinajstić information content (AvgIpc) is 2.81. The van der Waals surface area contributed by atoms with E-state index in [1.807, 2.05) is 11.0 Å². The number of amides is 1. The number of nitrogens with zero attached hydrogens (tertiary/aromatic N) is 3. The molecular formula is C14H19N3O. The molecule has 1 fully saturated rings. The number of likely N-dealkylation sites (tertiary alicyclic amines) is 1. The normalized spacial score (nSPS) is 24.1. The van der Waals surface area contributed by atoms with E-state index in [9.17, 15) is 4.79 Å². The van der Waals surface area contributed by atoms with Crippen molar-refractivity contribution >= 4 is 5.91 Å². The van der Waals surface area contributed by atoms with E-state index in [2.05, 4.69) is 23.0 Å². The maximum Gasteiger partial charge on any atom is 0.227 e. The second kappa shape index (κ2) is 4.69. The SMILES string of the molecule is CN1CCCC(C(=O)N2Cc3cccnc3C2)C1. The van der Waals surface area contributed by atoms with Crippen LogP contribution in [0.5, 0.6) is 0 Å². The minimum atomic E-state index is 0.179. The van der Waals surface area contributed by atoms with Gasteiger partial charge in [-0.25, -0.2) is 0 Å². The van der Waals surface area contributed by atoms with Gasteiger partial charge in [-0.05, 0) is 38.1 Å². The van der Waals surface area contributed by atoms with Crippen LogP contribution in [0, 0.1) is 5.92 Å². The Morgan fingerprint density at radius 3 is 3.11 bits per heavy atom. The van der Waals surface area contributed by atoms with E-state index >= 15 is 0 Å². The monoisotopic (exact) mass is 245 g/mol. The lowest BCUT2D eigenvalue weighted by Crippen LogP contribution is -2.41. The fourth-order valence-electron chi connectivity index (χ4n) is 2.98. The summed E-state index contributed by atoms with van der Waals surface area (Å²) in [4.78, 5) is 21.1. The van der Waals surface area contributed by atoms with E-state index < -0.39 is 0 Å². The van der Waals surface area contributed by atoms with E-state index in [1.165, 1.54) is 5.56 Å². The Kier molecular flexibility index (Phi) is 3.04. The lowest BCUT2D eigenvalue weighted by atomic mass is 9.97. The molecular weight excluding hydrogens is 226 g/mol. The number of pyridine rings is 1. The maximum absolute atomic E-state index is 12.5. The topological polar surface area (TPSA) is 36.4 Å². The summed E-state index contributed by atoms with van der Waals surface area (Å²) >= 11 is 0. The third kappa shape index (κ3) is 2.12. The van der Waals surface area contributed by atoms with Gasteiger partial charge in [0.1, 0.15) is 0 Å². The van der Waals surface area contributed by atoms with Crippen molar-refractivity contribution in [3.8, 4) is 0 Å². The molecule has 3 rings (SSSR count). The Morgan fingerprint density at radius 2 is 2.33 bits per heavy atom. The van der Waals surface area contributed by atoms with Crippen molar-refractivity contribution in [3.05, 3.63) is 29.6 Å². The first-order valence-electron chi connectivity index (χ1n) is 6.64. The van der Waals surface area contributed by atoms with Gasteiger partial charge in [-0.3, -0.25) is 9.78 Å². The molecule has 4 heteroatoms. The van der Waals surface area contributed by atoms with Gasteiger partial charge in [-0.15, -0.1) is 0 Å². The van der Waals surface area contributed by atoms with Crippen molar-refractivity contribution in [1.29, 1.82) is 0 Å². The number of hydrogen-bond acceptors (Lipinski definition) is 3. The minimum absolute atomic E-state index is 0.179. The Labute approximate surface area is 108 Å². The van der Waals surface area contributed by atoms with Gasteiger partial charge in [0.05, 0.1) is 18.2 Å². The third-order valence-corrected chi connectivity index (χ3v) is 3.97. The van der Waals surface area contributed by atoms with Gasteiger partial charge in [0, 0.05) is 19.3 Å². The number of carbonyl (C=O) groups excluding carboxylic acids is 1. The van der Waals surface area contributed by atoms with Crippen LogP contribution in [0.25, 0.3) is 0 Å². The first-order chi connectivity index (χ1) is 8.74. The zero-order valence-corrected chi connectivity index (χ0v) is 10.8.